The molecule has 0 unspecified atom stereocenters. The first kappa shape index (κ1) is 11.1. The molecule has 0 aliphatic carbocycles. The normalized spacial score (nSPS) is 10.2. The van der Waals surface area contributed by atoms with E-state index in [4.69, 9.17) is 10.2 Å². The minimum Gasteiger partial charge on any atom is -0.505 e. The van der Waals surface area contributed by atoms with E-state index in [-0.39, 0.29) is 5.69 Å². The second-order valence-corrected chi connectivity index (χ2v) is 3.40. The van der Waals surface area contributed by atoms with Crippen LogP contribution in [0.2, 0.25) is 0 Å². The van der Waals surface area contributed by atoms with E-state index in [0.717, 1.165) is 6.07 Å². The molecule has 0 spiro atoms. The van der Waals surface area contributed by atoms with E-state index in [2.05, 4.69) is 4.98 Å². The molecule has 0 saturated heterocycles. The summed E-state index contributed by atoms with van der Waals surface area (Å²) in [5.41, 5.74) is 1.02. The van der Waals surface area contributed by atoms with Crippen LogP contribution in [0, 0.1) is 5.82 Å². The number of aromatic carboxylic acids is 1. The Morgan fingerprint density at radius 3 is 2.41 bits per heavy atom. The van der Waals surface area contributed by atoms with Gasteiger partial charge in [0.15, 0.2) is 11.6 Å². The van der Waals surface area contributed by atoms with Gasteiger partial charge in [-0.05, 0) is 23.8 Å². The molecule has 2 rings (SSSR count). The maximum atomic E-state index is 13.1. The van der Waals surface area contributed by atoms with Crippen LogP contribution >= 0.6 is 0 Å². The van der Waals surface area contributed by atoms with Crippen molar-refractivity contribution >= 4 is 5.97 Å². The van der Waals surface area contributed by atoms with Crippen molar-refractivity contribution < 1.29 is 19.4 Å². The molecule has 1 aromatic heterocycles. The molecule has 0 bridgehead atoms. The zero-order chi connectivity index (χ0) is 12.4. The minimum absolute atomic E-state index is 0.0759. The zero-order valence-corrected chi connectivity index (χ0v) is 8.59. The third-order valence-electron chi connectivity index (χ3n) is 2.26. The molecule has 4 nitrogen and oxygen atoms in total. The van der Waals surface area contributed by atoms with Gasteiger partial charge in [0.1, 0.15) is 5.69 Å². The van der Waals surface area contributed by atoms with Crippen LogP contribution in [0.25, 0.3) is 11.1 Å². The second-order valence-electron chi connectivity index (χ2n) is 3.40. The number of carbonyl (C=O) groups is 1. The van der Waals surface area contributed by atoms with Crippen LogP contribution in [0.4, 0.5) is 4.39 Å². The summed E-state index contributed by atoms with van der Waals surface area (Å²) >= 11 is 0. The monoisotopic (exact) mass is 233 g/mol. The SMILES string of the molecule is O=C(O)c1ccc(-c2ccc(O)c(F)c2)cn1. The van der Waals surface area contributed by atoms with Crippen molar-refractivity contribution in [2.45, 2.75) is 0 Å². The van der Waals surface area contributed by atoms with E-state index < -0.39 is 17.5 Å². The number of phenols is 1. The average Bonchev–Trinajstić information content (AvgIpc) is 2.33. The third-order valence-corrected chi connectivity index (χ3v) is 2.26. The Balaban J connectivity index is 2.39. The smallest absolute Gasteiger partial charge is 0.354 e. The van der Waals surface area contributed by atoms with Crippen molar-refractivity contribution in [2.24, 2.45) is 0 Å². The van der Waals surface area contributed by atoms with Crippen molar-refractivity contribution in [1.82, 2.24) is 4.98 Å². The number of rotatable bonds is 2. The van der Waals surface area contributed by atoms with E-state index in [1.807, 2.05) is 0 Å². The molecular weight excluding hydrogens is 225 g/mol. The first-order chi connectivity index (χ1) is 8.08. The van der Waals surface area contributed by atoms with Crippen LogP contribution in [-0.2, 0) is 0 Å². The molecular formula is C12H8FNO3. The van der Waals surface area contributed by atoms with E-state index in [9.17, 15) is 9.18 Å². The number of aromatic hydroxyl groups is 1. The number of hydrogen-bond donors (Lipinski definition) is 2. The van der Waals surface area contributed by atoms with Gasteiger partial charge < -0.3 is 10.2 Å². The second kappa shape index (κ2) is 4.21. The molecule has 1 aromatic carbocycles. The van der Waals surface area contributed by atoms with E-state index in [0.29, 0.717) is 11.1 Å². The van der Waals surface area contributed by atoms with Gasteiger partial charge in [-0.2, -0.15) is 0 Å². The lowest BCUT2D eigenvalue weighted by Crippen LogP contribution is -1.99. The van der Waals surface area contributed by atoms with Gasteiger partial charge in [0.05, 0.1) is 0 Å². The summed E-state index contributed by atoms with van der Waals surface area (Å²) in [7, 11) is 0. The summed E-state index contributed by atoms with van der Waals surface area (Å²) < 4.78 is 13.1. The van der Waals surface area contributed by atoms with Gasteiger partial charge in [-0.25, -0.2) is 14.2 Å². The Labute approximate surface area is 96.0 Å². The molecule has 5 heteroatoms. The highest BCUT2D eigenvalue weighted by atomic mass is 19.1. The first-order valence-corrected chi connectivity index (χ1v) is 4.76. The molecule has 0 atom stereocenters. The minimum atomic E-state index is -1.12. The Bertz CT molecular complexity index is 566. The quantitative estimate of drug-likeness (QED) is 0.834. The topological polar surface area (TPSA) is 70.4 Å². The number of carboxylic acid groups (broad SMARTS) is 1. The number of halogens is 1. The van der Waals surface area contributed by atoms with Crippen LogP contribution in [-0.4, -0.2) is 21.2 Å². The van der Waals surface area contributed by atoms with Crippen molar-refractivity contribution in [3.05, 3.63) is 48.0 Å². The van der Waals surface area contributed by atoms with Crippen molar-refractivity contribution in [3.63, 3.8) is 0 Å². The van der Waals surface area contributed by atoms with Crippen LogP contribution in [0.3, 0.4) is 0 Å². The molecule has 0 aliphatic rings. The van der Waals surface area contributed by atoms with E-state index >= 15 is 0 Å². The van der Waals surface area contributed by atoms with Crippen molar-refractivity contribution in [2.75, 3.05) is 0 Å². The largest absolute Gasteiger partial charge is 0.505 e. The summed E-state index contributed by atoms with van der Waals surface area (Å²) in [5.74, 6) is -2.28. The van der Waals surface area contributed by atoms with E-state index in [1.165, 1.54) is 30.5 Å². The van der Waals surface area contributed by atoms with Gasteiger partial charge in [-0.1, -0.05) is 12.1 Å². The number of carboxylic acids is 1. The zero-order valence-electron chi connectivity index (χ0n) is 8.59. The van der Waals surface area contributed by atoms with Gasteiger partial charge in [-0.3, -0.25) is 0 Å². The number of aromatic nitrogens is 1. The van der Waals surface area contributed by atoms with Crippen LogP contribution in [0.5, 0.6) is 5.75 Å². The van der Waals surface area contributed by atoms with Crippen molar-refractivity contribution in [3.8, 4) is 16.9 Å². The number of hydrogen-bond acceptors (Lipinski definition) is 3. The fourth-order valence-electron chi connectivity index (χ4n) is 1.38. The maximum absolute atomic E-state index is 13.1. The summed E-state index contributed by atoms with van der Waals surface area (Å²) in [6.07, 6.45) is 1.34. The lowest BCUT2D eigenvalue weighted by Gasteiger charge is -2.03. The molecule has 0 saturated carbocycles. The van der Waals surface area contributed by atoms with Crippen molar-refractivity contribution in [1.29, 1.82) is 0 Å². The number of nitrogens with zero attached hydrogens (tertiary/aromatic N) is 1. The van der Waals surface area contributed by atoms with Crippen LogP contribution in [0.15, 0.2) is 36.5 Å². The highest BCUT2D eigenvalue weighted by Crippen LogP contribution is 2.24. The summed E-state index contributed by atoms with van der Waals surface area (Å²) in [6.45, 7) is 0. The van der Waals surface area contributed by atoms with Crippen LogP contribution in [0.1, 0.15) is 10.5 Å². The lowest BCUT2D eigenvalue weighted by atomic mass is 10.1. The molecule has 0 fully saturated rings. The number of benzene rings is 1. The third kappa shape index (κ3) is 2.23. The molecule has 2 N–H and O–H groups in total. The Morgan fingerprint density at radius 2 is 1.88 bits per heavy atom. The first-order valence-electron chi connectivity index (χ1n) is 4.76. The highest BCUT2D eigenvalue weighted by molar-refractivity contribution is 5.85. The molecule has 1 heterocycles. The van der Waals surface area contributed by atoms with E-state index in [1.54, 1.807) is 0 Å². The Morgan fingerprint density at radius 1 is 1.18 bits per heavy atom. The van der Waals surface area contributed by atoms with Gasteiger partial charge in [0.25, 0.3) is 0 Å². The van der Waals surface area contributed by atoms with Gasteiger partial charge >= 0.3 is 5.97 Å². The Kier molecular flexibility index (Phi) is 2.74. The molecule has 17 heavy (non-hydrogen) atoms. The fourth-order valence-corrected chi connectivity index (χ4v) is 1.38. The summed E-state index contributed by atoms with van der Waals surface area (Å²) in [5, 5.41) is 17.7. The Hall–Kier alpha value is -2.43. The molecule has 0 aliphatic heterocycles. The summed E-state index contributed by atoms with van der Waals surface area (Å²) in [6, 6.07) is 6.78. The average molecular weight is 233 g/mol. The molecule has 86 valence electrons. The van der Waals surface area contributed by atoms with Crippen LogP contribution < -0.4 is 0 Å². The molecule has 0 amide bonds. The number of pyridine rings is 1. The highest BCUT2D eigenvalue weighted by Gasteiger charge is 2.06. The maximum Gasteiger partial charge on any atom is 0.354 e. The summed E-state index contributed by atoms with van der Waals surface area (Å²) in [4.78, 5) is 14.3. The van der Waals surface area contributed by atoms with Gasteiger partial charge in [-0.15, -0.1) is 0 Å². The lowest BCUT2D eigenvalue weighted by molar-refractivity contribution is 0.0690. The molecule has 0 radical (unpaired) electrons. The van der Waals surface area contributed by atoms with Gasteiger partial charge in [0.2, 0.25) is 0 Å². The fraction of sp³-hybridized carbons (Fsp3) is 0. The molecule has 2 aromatic rings. The standard InChI is InChI=1S/C12H8FNO3/c13-9-5-7(2-4-11(9)15)8-1-3-10(12(16)17)14-6-8/h1-6,15H,(H,16,17). The number of phenolic OH excluding ortho intramolecular Hbond substituents is 1. The van der Waals surface area contributed by atoms with Gasteiger partial charge in [0, 0.05) is 11.8 Å². The predicted octanol–water partition coefficient (Wildman–Crippen LogP) is 2.29. The predicted molar refractivity (Wildman–Crippen MR) is 58.3 cm³/mol.